The van der Waals surface area contributed by atoms with Crippen LogP contribution in [0.1, 0.15) is 44.7 Å². The number of carbonyl (C=O) groups is 1. The van der Waals surface area contributed by atoms with Gasteiger partial charge < -0.3 is 20.1 Å². The maximum absolute atomic E-state index is 12.3. The van der Waals surface area contributed by atoms with E-state index in [1.165, 1.54) is 0 Å². The molecule has 0 aliphatic carbocycles. The first-order valence-corrected chi connectivity index (χ1v) is 14.3. The Morgan fingerprint density at radius 2 is 1.28 bits per heavy atom. The number of nitrogens with zero attached hydrogens (tertiary/aromatic N) is 2. The predicted molar refractivity (Wildman–Crippen MR) is 169 cm³/mol. The lowest BCUT2D eigenvalue weighted by Gasteiger charge is -2.37. The van der Waals surface area contributed by atoms with Gasteiger partial charge in [-0.05, 0) is 51.2 Å². The van der Waals surface area contributed by atoms with Crippen molar-refractivity contribution < 1.29 is 15.0 Å². The van der Waals surface area contributed by atoms with Gasteiger partial charge in [0, 0.05) is 31.8 Å². The molecule has 0 spiro atoms. The topological polar surface area (TPSA) is 87.4 Å². The second-order valence-electron chi connectivity index (χ2n) is 10.7. The first-order valence-electron chi connectivity index (χ1n) is 14.3. The molecule has 1 unspecified atom stereocenters. The van der Waals surface area contributed by atoms with Crippen LogP contribution in [0.4, 0.5) is 0 Å². The Kier molecular flexibility index (Phi) is 7.63. The molecule has 6 aromatic rings. The van der Waals surface area contributed by atoms with E-state index in [0.29, 0.717) is 16.8 Å². The lowest BCUT2D eigenvalue weighted by molar-refractivity contribution is 0.0473. The minimum Gasteiger partial charge on any atom is -0.396 e. The van der Waals surface area contributed by atoms with Crippen LogP contribution in [0.2, 0.25) is 0 Å². The molecular weight excluding hydrogens is 534 g/mol. The molecule has 3 N–H and O–H groups in total. The number of amides is 1. The molecular formula is C37H33N3O3. The van der Waals surface area contributed by atoms with Crippen molar-refractivity contribution >= 4 is 16.7 Å². The molecule has 0 fully saturated rings. The third-order valence-electron chi connectivity index (χ3n) is 8.25. The molecule has 1 atom stereocenters. The molecule has 0 saturated heterocycles. The number of aromatic nitrogens is 2. The molecule has 0 radical (unpaired) electrons. The first-order chi connectivity index (χ1) is 21.0. The molecule has 43 heavy (non-hydrogen) atoms. The van der Waals surface area contributed by atoms with E-state index in [0.717, 1.165) is 27.5 Å². The highest BCUT2D eigenvalue weighted by Crippen LogP contribution is 2.42. The molecule has 0 bridgehead atoms. The highest BCUT2D eigenvalue weighted by molar-refractivity contribution is 5.98. The highest BCUT2D eigenvalue weighted by atomic mass is 16.3. The fourth-order valence-electron chi connectivity index (χ4n) is 6.08. The van der Waals surface area contributed by atoms with E-state index in [9.17, 15) is 15.0 Å². The van der Waals surface area contributed by atoms with E-state index >= 15 is 0 Å². The van der Waals surface area contributed by atoms with Crippen LogP contribution in [0.25, 0.3) is 10.8 Å². The van der Waals surface area contributed by atoms with Gasteiger partial charge in [-0.3, -0.25) is 4.79 Å². The van der Waals surface area contributed by atoms with Gasteiger partial charge in [0.25, 0.3) is 5.91 Å². The summed E-state index contributed by atoms with van der Waals surface area (Å²) < 4.78 is 2.06. The number of fused-ring (bicyclic) bond motifs is 1. The molecule has 6 rings (SSSR count). The van der Waals surface area contributed by atoms with E-state index in [1.54, 1.807) is 19.4 Å². The van der Waals surface area contributed by atoms with Gasteiger partial charge in [-0.1, -0.05) is 109 Å². The molecule has 1 heterocycles. The minimum atomic E-state index is -1.57. The van der Waals surface area contributed by atoms with Gasteiger partial charge in [-0.25, -0.2) is 4.98 Å². The average molecular weight is 568 g/mol. The van der Waals surface area contributed by atoms with Crippen molar-refractivity contribution in [2.75, 3.05) is 13.7 Å². The number of carbonyl (C=O) groups excluding carboxylic acids is 1. The molecule has 6 heteroatoms. The van der Waals surface area contributed by atoms with E-state index in [1.807, 2.05) is 91.1 Å². The number of hydrogen-bond donors (Lipinski definition) is 3. The van der Waals surface area contributed by atoms with Crippen LogP contribution in [0.15, 0.2) is 140 Å². The molecule has 0 aliphatic heterocycles. The number of hydrogen-bond acceptors (Lipinski definition) is 4. The summed E-state index contributed by atoms with van der Waals surface area (Å²) >= 11 is 0. The van der Waals surface area contributed by atoms with Crippen molar-refractivity contribution in [3.8, 4) is 0 Å². The van der Waals surface area contributed by atoms with Crippen molar-refractivity contribution in [1.29, 1.82) is 0 Å². The molecule has 1 amide bonds. The number of aliphatic hydroxyl groups is 2. The summed E-state index contributed by atoms with van der Waals surface area (Å²) in [5.41, 5.74) is 2.37. The molecule has 6 nitrogen and oxygen atoms in total. The molecule has 1 aromatic heterocycles. The third-order valence-corrected chi connectivity index (χ3v) is 8.25. The summed E-state index contributed by atoms with van der Waals surface area (Å²) in [4.78, 5) is 17.0. The molecule has 0 aliphatic rings. The van der Waals surface area contributed by atoms with E-state index in [-0.39, 0.29) is 18.9 Å². The van der Waals surface area contributed by atoms with Crippen LogP contribution in [-0.2, 0) is 11.1 Å². The van der Waals surface area contributed by atoms with Crippen molar-refractivity contribution in [2.24, 2.45) is 0 Å². The van der Waals surface area contributed by atoms with Crippen molar-refractivity contribution in [2.45, 2.75) is 17.6 Å². The largest absolute Gasteiger partial charge is 0.396 e. The van der Waals surface area contributed by atoms with Crippen LogP contribution in [0.3, 0.4) is 0 Å². The average Bonchev–Trinajstić information content (AvgIpc) is 3.57. The summed E-state index contributed by atoms with van der Waals surface area (Å²) in [6, 6.07) is 41.9. The minimum absolute atomic E-state index is 0.0564. The number of imidazole rings is 1. The summed E-state index contributed by atoms with van der Waals surface area (Å²) in [5, 5.41) is 26.8. The van der Waals surface area contributed by atoms with Crippen LogP contribution in [-0.4, -0.2) is 39.3 Å². The Labute approximate surface area is 250 Å². The van der Waals surface area contributed by atoms with Crippen LogP contribution < -0.4 is 5.32 Å². The molecule has 5 aromatic carbocycles. The van der Waals surface area contributed by atoms with Crippen molar-refractivity contribution in [3.63, 3.8) is 0 Å². The second kappa shape index (κ2) is 11.7. The van der Waals surface area contributed by atoms with E-state index < -0.39 is 11.1 Å². The van der Waals surface area contributed by atoms with Crippen molar-refractivity contribution in [1.82, 2.24) is 14.9 Å². The highest BCUT2D eigenvalue weighted by Gasteiger charge is 2.41. The summed E-state index contributed by atoms with van der Waals surface area (Å²) in [6.45, 7) is -0.238. The smallest absolute Gasteiger partial charge is 0.251 e. The maximum Gasteiger partial charge on any atom is 0.251 e. The maximum atomic E-state index is 12.3. The van der Waals surface area contributed by atoms with E-state index in [2.05, 4.69) is 46.3 Å². The summed E-state index contributed by atoms with van der Waals surface area (Å²) in [5.74, 6) is -0.160. The van der Waals surface area contributed by atoms with E-state index in [4.69, 9.17) is 4.98 Å². The number of rotatable bonds is 9. The normalized spacial score (nSPS) is 13.0. The van der Waals surface area contributed by atoms with Crippen LogP contribution in [0, 0.1) is 0 Å². The fourth-order valence-corrected chi connectivity index (χ4v) is 6.08. The monoisotopic (exact) mass is 567 g/mol. The van der Waals surface area contributed by atoms with Crippen LogP contribution in [0.5, 0.6) is 0 Å². The number of nitrogens with one attached hydrogen (secondary N) is 1. The van der Waals surface area contributed by atoms with Gasteiger partial charge in [0.2, 0.25) is 0 Å². The quantitative estimate of drug-likeness (QED) is 0.191. The Morgan fingerprint density at radius 1 is 0.744 bits per heavy atom. The standard InChI is InChI=1S/C37H33N3O3/c1-38-35(42)29-18-17-28-24-33(20-19-27(28)23-29)36(43,21-22-41)34-25-40(26-39-34)37(30-11-5-2-6-12-30,31-13-7-3-8-14-31)32-15-9-4-10-16-32/h2-20,23-26,41,43H,21-22H2,1H3,(H,38,42). The summed E-state index contributed by atoms with van der Waals surface area (Å²) in [7, 11) is 1.60. The summed E-state index contributed by atoms with van der Waals surface area (Å²) in [6.07, 6.45) is 3.71. The number of benzene rings is 5. The lowest BCUT2D eigenvalue weighted by Crippen LogP contribution is -2.37. The van der Waals surface area contributed by atoms with Crippen LogP contribution >= 0.6 is 0 Å². The Hall–Kier alpha value is -5.04. The number of aliphatic hydroxyl groups excluding tert-OH is 1. The fraction of sp³-hybridized carbons (Fsp3) is 0.135. The van der Waals surface area contributed by atoms with Gasteiger partial charge in [-0.2, -0.15) is 0 Å². The van der Waals surface area contributed by atoms with Gasteiger partial charge in [0.05, 0.1) is 12.0 Å². The second-order valence-corrected chi connectivity index (χ2v) is 10.7. The van der Waals surface area contributed by atoms with Gasteiger partial charge in [0.15, 0.2) is 0 Å². The zero-order valence-corrected chi connectivity index (χ0v) is 23.9. The van der Waals surface area contributed by atoms with Gasteiger partial charge >= 0.3 is 0 Å². The SMILES string of the molecule is CNC(=O)c1ccc2cc(C(O)(CCO)c3cn(C(c4ccccc4)(c4ccccc4)c4ccccc4)cn3)ccc2c1. The lowest BCUT2D eigenvalue weighted by atomic mass is 9.76. The zero-order chi connectivity index (χ0) is 29.9. The van der Waals surface area contributed by atoms with Gasteiger partial charge in [0.1, 0.15) is 11.1 Å². The molecule has 0 saturated carbocycles. The Morgan fingerprint density at radius 3 is 1.81 bits per heavy atom. The Balaban J connectivity index is 1.53. The molecule has 214 valence electrons. The third kappa shape index (κ3) is 4.91. The predicted octanol–water partition coefficient (Wildman–Crippen LogP) is 5.85. The zero-order valence-electron chi connectivity index (χ0n) is 23.9. The Bertz CT molecular complexity index is 1760. The first kappa shape index (κ1) is 28.1. The van der Waals surface area contributed by atoms with Gasteiger partial charge in [-0.15, -0.1) is 0 Å². The van der Waals surface area contributed by atoms with Crippen molar-refractivity contribution in [3.05, 3.63) is 173 Å².